The first-order valence-electron chi connectivity index (χ1n) is 6.20. The molecule has 0 saturated heterocycles. The zero-order valence-corrected chi connectivity index (χ0v) is 13.7. The second-order valence-corrected chi connectivity index (χ2v) is 5.72. The van der Waals surface area contributed by atoms with Crippen LogP contribution in [0.5, 0.6) is 5.75 Å². The van der Waals surface area contributed by atoms with E-state index < -0.39 is 0 Å². The number of para-hydroxylation sites is 2. The van der Waals surface area contributed by atoms with E-state index in [9.17, 15) is 4.79 Å². The standard InChI is InChI=1S/C15H14BrClN2O2/c1-9-6-10(16)13(7-11(9)17)19-15(20)8-21-14-5-3-2-4-12(14)18/h2-7H,8,18H2,1H3,(H,19,20). The minimum atomic E-state index is -0.293. The largest absolute Gasteiger partial charge is 0.482 e. The average molecular weight is 370 g/mol. The number of hydrogen-bond donors (Lipinski definition) is 2. The van der Waals surface area contributed by atoms with Crippen LogP contribution in [-0.4, -0.2) is 12.5 Å². The summed E-state index contributed by atoms with van der Waals surface area (Å²) in [6, 6.07) is 10.5. The lowest BCUT2D eigenvalue weighted by Crippen LogP contribution is -2.20. The van der Waals surface area contributed by atoms with E-state index in [2.05, 4.69) is 21.2 Å². The number of ether oxygens (including phenoxy) is 1. The van der Waals surface area contributed by atoms with Gasteiger partial charge in [0.2, 0.25) is 0 Å². The second-order valence-electron chi connectivity index (χ2n) is 4.46. The number of nitrogen functional groups attached to an aromatic ring is 1. The lowest BCUT2D eigenvalue weighted by atomic mass is 10.2. The van der Waals surface area contributed by atoms with E-state index in [-0.39, 0.29) is 12.5 Å². The van der Waals surface area contributed by atoms with Gasteiger partial charge >= 0.3 is 0 Å². The highest BCUT2D eigenvalue weighted by molar-refractivity contribution is 9.10. The number of carbonyl (C=O) groups is 1. The van der Waals surface area contributed by atoms with Crippen molar-refractivity contribution in [1.29, 1.82) is 0 Å². The minimum absolute atomic E-state index is 0.133. The molecule has 0 saturated carbocycles. The normalized spacial score (nSPS) is 10.2. The van der Waals surface area contributed by atoms with Gasteiger partial charge in [-0.05, 0) is 52.7 Å². The summed E-state index contributed by atoms with van der Waals surface area (Å²) in [5, 5.41) is 3.32. The number of anilines is 2. The van der Waals surface area contributed by atoms with E-state index in [4.69, 9.17) is 22.1 Å². The number of amides is 1. The molecule has 0 radical (unpaired) electrons. The molecule has 0 atom stereocenters. The van der Waals surface area contributed by atoms with Gasteiger partial charge in [0.25, 0.3) is 5.91 Å². The maximum atomic E-state index is 11.9. The van der Waals surface area contributed by atoms with Gasteiger partial charge in [0.1, 0.15) is 5.75 Å². The number of aryl methyl sites for hydroxylation is 1. The maximum absolute atomic E-state index is 11.9. The quantitative estimate of drug-likeness (QED) is 0.800. The third-order valence-electron chi connectivity index (χ3n) is 2.80. The van der Waals surface area contributed by atoms with Crippen molar-refractivity contribution in [2.24, 2.45) is 0 Å². The summed E-state index contributed by atoms with van der Waals surface area (Å²) in [7, 11) is 0. The fraction of sp³-hybridized carbons (Fsp3) is 0.133. The van der Waals surface area contributed by atoms with Gasteiger partial charge in [-0.25, -0.2) is 0 Å². The average Bonchev–Trinajstić information content (AvgIpc) is 2.44. The van der Waals surface area contributed by atoms with Crippen LogP contribution in [0.2, 0.25) is 5.02 Å². The van der Waals surface area contributed by atoms with E-state index in [0.717, 1.165) is 10.0 Å². The third-order valence-corrected chi connectivity index (χ3v) is 3.86. The molecule has 0 aliphatic heterocycles. The predicted octanol–water partition coefficient (Wildman–Crippen LogP) is 4.01. The van der Waals surface area contributed by atoms with Crippen LogP contribution in [0.15, 0.2) is 40.9 Å². The Morgan fingerprint density at radius 2 is 2.10 bits per heavy atom. The number of rotatable bonds is 4. The Balaban J connectivity index is 1.99. The smallest absolute Gasteiger partial charge is 0.262 e. The number of halogens is 2. The Bertz CT molecular complexity index is 677. The monoisotopic (exact) mass is 368 g/mol. The van der Waals surface area contributed by atoms with Crippen LogP contribution in [0, 0.1) is 6.92 Å². The van der Waals surface area contributed by atoms with Crippen molar-refractivity contribution in [3.63, 3.8) is 0 Å². The van der Waals surface area contributed by atoms with Crippen molar-refractivity contribution >= 4 is 44.8 Å². The van der Waals surface area contributed by atoms with E-state index in [0.29, 0.717) is 22.1 Å². The van der Waals surface area contributed by atoms with E-state index in [1.54, 1.807) is 30.3 Å². The van der Waals surface area contributed by atoms with Crippen LogP contribution >= 0.6 is 27.5 Å². The van der Waals surface area contributed by atoms with Crippen molar-refractivity contribution in [1.82, 2.24) is 0 Å². The lowest BCUT2D eigenvalue weighted by molar-refractivity contribution is -0.118. The van der Waals surface area contributed by atoms with Crippen LogP contribution in [0.25, 0.3) is 0 Å². The van der Waals surface area contributed by atoms with Crippen molar-refractivity contribution in [3.8, 4) is 5.75 Å². The fourth-order valence-electron chi connectivity index (χ4n) is 1.68. The molecular weight excluding hydrogens is 356 g/mol. The van der Waals surface area contributed by atoms with E-state index in [1.807, 2.05) is 13.0 Å². The number of nitrogens with one attached hydrogen (secondary N) is 1. The molecule has 0 heterocycles. The molecule has 6 heteroatoms. The van der Waals surface area contributed by atoms with Crippen molar-refractivity contribution < 1.29 is 9.53 Å². The van der Waals surface area contributed by atoms with Gasteiger partial charge in [0, 0.05) is 9.50 Å². The molecule has 21 heavy (non-hydrogen) atoms. The molecule has 0 aliphatic rings. The maximum Gasteiger partial charge on any atom is 0.262 e. The Morgan fingerprint density at radius 1 is 1.38 bits per heavy atom. The van der Waals surface area contributed by atoms with Gasteiger partial charge in [-0.3, -0.25) is 4.79 Å². The van der Waals surface area contributed by atoms with Gasteiger partial charge in [0.15, 0.2) is 6.61 Å². The molecule has 1 amide bonds. The molecule has 0 spiro atoms. The van der Waals surface area contributed by atoms with Gasteiger partial charge < -0.3 is 15.8 Å². The summed E-state index contributed by atoms with van der Waals surface area (Å²) < 4.78 is 6.14. The zero-order chi connectivity index (χ0) is 15.4. The zero-order valence-electron chi connectivity index (χ0n) is 11.3. The fourth-order valence-corrected chi connectivity index (χ4v) is 2.40. The molecule has 110 valence electrons. The van der Waals surface area contributed by atoms with Crippen LogP contribution in [0.3, 0.4) is 0 Å². The van der Waals surface area contributed by atoms with Gasteiger partial charge in [-0.15, -0.1) is 0 Å². The molecular formula is C15H14BrClN2O2. The number of carbonyl (C=O) groups excluding carboxylic acids is 1. The minimum Gasteiger partial charge on any atom is -0.482 e. The Hall–Kier alpha value is -1.72. The molecule has 0 unspecified atom stereocenters. The summed E-state index contributed by atoms with van der Waals surface area (Å²) in [6.45, 7) is 1.76. The topological polar surface area (TPSA) is 64.3 Å². The molecule has 2 aromatic carbocycles. The SMILES string of the molecule is Cc1cc(Br)c(NC(=O)COc2ccccc2N)cc1Cl. The summed E-state index contributed by atoms with van der Waals surface area (Å²) in [4.78, 5) is 11.9. The summed E-state index contributed by atoms with van der Waals surface area (Å²) in [5.41, 5.74) is 7.75. The summed E-state index contributed by atoms with van der Waals surface area (Å²) >= 11 is 9.43. The van der Waals surface area contributed by atoms with E-state index >= 15 is 0 Å². The number of hydrogen-bond acceptors (Lipinski definition) is 3. The van der Waals surface area contributed by atoms with Gasteiger partial charge in [-0.1, -0.05) is 23.7 Å². The lowest BCUT2D eigenvalue weighted by Gasteiger charge is -2.11. The first-order chi connectivity index (χ1) is 9.97. The van der Waals surface area contributed by atoms with Crippen molar-refractivity contribution in [3.05, 3.63) is 51.5 Å². The molecule has 3 N–H and O–H groups in total. The molecule has 4 nitrogen and oxygen atoms in total. The van der Waals surface area contributed by atoms with Crippen molar-refractivity contribution in [2.75, 3.05) is 17.7 Å². The highest BCUT2D eigenvalue weighted by Crippen LogP contribution is 2.29. The van der Waals surface area contributed by atoms with Crippen LogP contribution in [0.1, 0.15) is 5.56 Å². The van der Waals surface area contributed by atoms with Crippen LogP contribution < -0.4 is 15.8 Å². The van der Waals surface area contributed by atoms with E-state index in [1.165, 1.54) is 0 Å². The first-order valence-corrected chi connectivity index (χ1v) is 7.37. The predicted molar refractivity (Wildman–Crippen MR) is 88.9 cm³/mol. The molecule has 2 rings (SSSR count). The Labute approximate surface area is 136 Å². The summed E-state index contributed by atoms with van der Waals surface area (Å²) in [5.74, 6) is 0.188. The molecule has 0 fully saturated rings. The molecule has 0 aromatic heterocycles. The Morgan fingerprint density at radius 3 is 2.81 bits per heavy atom. The van der Waals surface area contributed by atoms with Crippen LogP contribution in [-0.2, 0) is 4.79 Å². The second kappa shape index (κ2) is 6.83. The van der Waals surface area contributed by atoms with Crippen LogP contribution in [0.4, 0.5) is 11.4 Å². The number of nitrogens with two attached hydrogens (primary N) is 1. The number of benzene rings is 2. The molecule has 2 aromatic rings. The van der Waals surface area contributed by atoms with Gasteiger partial charge in [0.05, 0.1) is 11.4 Å². The highest BCUT2D eigenvalue weighted by atomic mass is 79.9. The van der Waals surface area contributed by atoms with Crippen molar-refractivity contribution in [2.45, 2.75) is 6.92 Å². The third kappa shape index (κ3) is 4.12. The first kappa shape index (κ1) is 15.7. The Kier molecular flexibility index (Phi) is 5.09. The van der Waals surface area contributed by atoms with Gasteiger partial charge in [-0.2, -0.15) is 0 Å². The summed E-state index contributed by atoms with van der Waals surface area (Å²) in [6.07, 6.45) is 0. The molecule has 0 aliphatic carbocycles. The molecule has 0 bridgehead atoms. The highest BCUT2D eigenvalue weighted by Gasteiger charge is 2.09.